The Labute approximate surface area is 198 Å². The molecule has 2 aromatic carbocycles. The quantitative estimate of drug-likeness (QED) is 0.639. The summed E-state index contributed by atoms with van der Waals surface area (Å²) in [6.45, 7) is 3.43. The van der Waals surface area contributed by atoms with Gasteiger partial charge in [0.1, 0.15) is 23.3 Å². The molecule has 2 atom stereocenters. The van der Waals surface area contributed by atoms with Crippen molar-refractivity contribution in [1.29, 1.82) is 0 Å². The first-order valence-electron chi connectivity index (χ1n) is 10.8. The van der Waals surface area contributed by atoms with E-state index in [2.05, 4.69) is 10.6 Å². The standard InChI is InChI=1S/C23H27N3O7S/c1-13-10-16-20(33-14(2)22(27)24-16)12-21(13)34(29,30)26-9-5-6-18(26)23(28)25-17-11-15(31-3)7-8-19(17)32-4/h7-8,10-12,14,18H,5-6,9H2,1-4H3,(H,24,27)(H,25,28)/t14-,18-/m0/s1. The monoisotopic (exact) mass is 489 g/mol. The van der Waals surface area contributed by atoms with E-state index in [0.717, 1.165) is 0 Å². The van der Waals surface area contributed by atoms with Gasteiger partial charge >= 0.3 is 0 Å². The first kappa shape index (κ1) is 23.8. The van der Waals surface area contributed by atoms with Crippen LogP contribution in [0.1, 0.15) is 25.3 Å². The summed E-state index contributed by atoms with van der Waals surface area (Å²) in [5, 5.41) is 5.50. The van der Waals surface area contributed by atoms with Gasteiger partial charge < -0.3 is 24.8 Å². The van der Waals surface area contributed by atoms with Gasteiger partial charge in [-0.25, -0.2) is 8.42 Å². The second kappa shape index (κ2) is 9.15. The van der Waals surface area contributed by atoms with Crippen molar-refractivity contribution in [2.24, 2.45) is 0 Å². The lowest BCUT2D eigenvalue weighted by Gasteiger charge is -2.27. The van der Waals surface area contributed by atoms with Crippen LogP contribution in [0.5, 0.6) is 17.2 Å². The molecule has 0 aliphatic carbocycles. The van der Waals surface area contributed by atoms with Gasteiger partial charge in [0.2, 0.25) is 15.9 Å². The molecule has 2 heterocycles. The topological polar surface area (TPSA) is 123 Å². The fraction of sp³-hybridized carbons (Fsp3) is 0.391. The van der Waals surface area contributed by atoms with E-state index in [9.17, 15) is 18.0 Å². The van der Waals surface area contributed by atoms with E-state index in [1.165, 1.54) is 24.6 Å². The SMILES string of the molecule is COc1ccc(OC)c(NC(=O)[C@@H]2CCCN2S(=O)(=O)c2cc3c(cc2C)NC(=O)[C@H](C)O3)c1. The smallest absolute Gasteiger partial charge is 0.265 e. The summed E-state index contributed by atoms with van der Waals surface area (Å²) in [5.41, 5.74) is 1.25. The third-order valence-electron chi connectivity index (χ3n) is 5.97. The first-order chi connectivity index (χ1) is 16.1. The molecule has 0 unspecified atom stereocenters. The minimum atomic E-state index is -4.02. The highest BCUT2D eigenvalue weighted by molar-refractivity contribution is 7.89. The van der Waals surface area contributed by atoms with Crippen molar-refractivity contribution >= 4 is 33.2 Å². The zero-order chi connectivity index (χ0) is 24.6. The number of sulfonamides is 1. The number of nitrogens with zero attached hydrogens (tertiary/aromatic N) is 1. The van der Waals surface area contributed by atoms with Crippen molar-refractivity contribution < 1.29 is 32.2 Å². The van der Waals surface area contributed by atoms with Crippen LogP contribution in [0.3, 0.4) is 0 Å². The third-order valence-corrected chi connectivity index (χ3v) is 8.02. The van der Waals surface area contributed by atoms with E-state index < -0.39 is 28.1 Å². The van der Waals surface area contributed by atoms with Gasteiger partial charge in [-0.15, -0.1) is 0 Å². The van der Waals surface area contributed by atoms with Crippen LogP contribution in [0.2, 0.25) is 0 Å². The number of anilines is 2. The highest BCUT2D eigenvalue weighted by Crippen LogP contribution is 2.37. The molecule has 2 aliphatic rings. The highest BCUT2D eigenvalue weighted by atomic mass is 32.2. The van der Waals surface area contributed by atoms with Crippen LogP contribution in [0, 0.1) is 6.92 Å². The van der Waals surface area contributed by atoms with Crippen LogP contribution in [0.15, 0.2) is 35.2 Å². The maximum atomic E-state index is 13.6. The molecule has 34 heavy (non-hydrogen) atoms. The number of carbonyl (C=O) groups excluding carboxylic acids is 2. The molecule has 1 saturated heterocycles. The Bertz CT molecular complexity index is 1250. The summed E-state index contributed by atoms with van der Waals surface area (Å²) in [5.74, 6) is 0.475. The van der Waals surface area contributed by atoms with E-state index in [0.29, 0.717) is 41.3 Å². The summed E-state index contributed by atoms with van der Waals surface area (Å²) in [6, 6.07) is 7.06. The summed E-state index contributed by atoms with van der Waals surface area (Å²) in [7, 11) is -1.04. The van der Waals surface area contributed by atoms with Crippen LogP contribution < -0.4 is 24.8 Å². The van der Waals surface area contributed by atoms with Gasteiger partial charge in [0, 0.05) is 18.7 Å². The number of ether oxygens (including phenoxy) is 3. The third kappa shape index (κ3) is 4.28. The number of aryl methyl sites for hydroxylation is 1. The van der Waals surface area contributed by atoms with Crippen molar-refractivity contribution in [3.8, 4) is 17.2 Å². The maximum Gasteiger partial charge on any atom is 0.265 e. The van der Waals surface area contributed by atoms with Gasteiger partial charge in [0.05, 0.1) is 30.5 Å². The Morgan fingerprint density at radius 1 is 1.21 bits per heavy atom. The lowest BCUT2D eigenvalue weighted by Crippen LogP contribution is -2.43. The zero-order valence-electron chi connectivity index (χ0n) is 19.4. The van der Waals surface area contributed by atoms with E-state index in [4.69, 9.17) is 14.2 Å². The molecule has 10 nitrogen and oxygen atoms in total. The summed E-state index contributed by atoms with van der Waals surface area (Å²) in [6.07, 6.45) is 0.180. The maximum absolute atomic E-state index is 13.6. The van der Waals surface area contributed by atoms with Crippen molar-refractivity contribution in [2.45, 2.75) is 43.7 Å². The van der Waals surface area contributed by atoms with E-state index in [1.807, 2.05) is 0 Å². The summed E-state index contributed by atoms with van der Waals surface area (Å²) >= 11 is 0. The van der Waals surface area contributed by atoms with Crippen LogP contribution in [0.25, 0.3) is 0 Å². The molecule has 2 N–H and O–H groups in total. The average Bonchev–Trinajstić information content (AvgIpc) is 3.31. The second-order valence-corrected chi connectivity index (χ2v) is 10.1. The van der Waals surface area contributed by atoms with Crippen LogP contribution >= 0.6 is 0 Å². The van der Waals surface area contributed by atoms with E-state index >= 15 is 0 Å². The highest BCUT2D eigenvalue weighted by Gasteiger charge is 2.41. The van der Waals surface area contributed by atoms with Crippen LogP contribution in [0.4, 0.5) is 11.4 Å². The van der Waals surface area contributed by atoms with Crippen molar-refractivity contribution in [2.75, 3.05) is 31.4 Å². The fourth-order valence-electron chi connectivity index (χ4n) is 4.16. The van der Waals surface area contributed by atoms with Gasteiger partial charge in [0.25, 0.3) is 5.91 Å². The van der Waals surface area contributed by atoms with Gasteiger partial charge in [-0.3, -0.25) is 9.59 Å². The van der Waals surface area contributed by atoms with Gasteiger partial charge in [-0.2, -0.15) is 4.31 Å². The van der Waals surface area contributed by atoms with Gasteiger partial charge in [-0.1, -0.05) is 0 Å². The number of fused-ring (bicyclic) bond motifs is 1. The molecule has 2 amide bonds. The number of hydrogen-bond acceptors (Lipinski definition) is 7. The van der Waals surface area contributed by atoms with Crippen LogP contribution in [-0.2, 0) is 19.6 Å². The Morgan fingerprint density at radius 3 is 2.68 bits per heavy atom. The average molecular weight is 490 g/mol. The lowest BCUT2D eigenvalue weighted by atomic mass is 10.1. The Kier molecular flexibility index (Phi) is 6.41. The summed E-state index contributed by atoms with van der Waals surface area (Å²) < 4.78 is 44.6. The zero-order valence-corrected chi connectivity index (χ0v) is 20.2. The van der Waals surface area contributed by atoms with Crippen molar-refractivity contribution in [1.82, 2.24) is 4.31 Å². The molecule has 1 fully saturated rings. The van der Waals surface area contributed by atoms with Gasteiger partial charge in [0.15, 0.2) is 6.10 Å². The molecule has 0 aromatic heterocycles. The molecule has 4 rings (SSSR count). The molecule has 182 valence electrons. The lowest BCUT2D eigenvalue weighted by molar-refractivity contribution is -0.122. The number of carbonyl (C=O) groups is 2. The molecule has 0 spiro atoms. The van der Waals surface area contributed by atoms with Crippen LogP contribution in [-0.4, -0.2) is 57.4 Å². The Balaban J connectivity index is 1.63. The molecule has 0 saturated carbocycles. The number of nitrogens with one attached hydrogen (secondary N) is 2. The van der Waals surface area contributed by atoms with Crippen molar-refractivity contribution in [3.05, 3.63) is 35.9 Å². The number of amides is 2. The molecule has 2 aliphatic heterocycles. The minimum Gasteiger partial charge on any atom is -0.497 e. The molecule has 2 aromatic rings. The number of hydrogen-bond donors (Lipinski definition) is 2. The Hall–Kier alpha value is -3.31. The molecule has 0 radical (unpaired) electrons. The normalized spacial score (nSPS) is 20.2. The van der Waals surface area contributed by atoms with Crippen molar-refractivity contribution in [3.63, 3.8) is 0 Å². The summed E-state index contributed by atoms with van der Waals surface area (Å²) in [4.78, 5) is 25.1. The molecular formula is C23H27N3O7S. The molecular weight excluding hydrogens is 462 g/mol. The predicted molar refractivity (Wildman–Crippen MR) is 125 cm³/mol. The number of benzene rings is 2. The minimum absolute atomic E-state index is 0.0354. The fourth-order valence-corrected chi connectivity index (χ4v) is 6.04. The Morgan fingerprint density at radius 2 is 1.97 bits per heavy atom. The van der Waals surface area contributed by atoms with E-state index in [-0.39, 0.29) is 23.1 Å². The van der Waals surface area contributed by atoms with E-state index in [1.54, 1.807) is 38.1 Å². The first-order valence-corrected chi connectivity index (χ1v) is 12.3. The largest absolute Gasteiger partial charge is 0.497 e. The second-order valence-electron chi connectivity index (χ2n) is 8.19. The van der Waals surface area contributed by atoms with Gasteiger partial charge in [-0.05, 0) is 50.5 Å². The predicted octanol–water partition coefficient (Wildman–Crippen LogP) is 2.52. The molecule has 11 heteroatoms. The molecule has 0 bridgehead atoms. The number of methoxy groups -OCH3 is 2. The number of rotatable bonds is 6.